The first-order chi connectivity index (χ1) is 17.2. The highest BCUT2D eigenvalue weighted by atomic mass is 16.3. The van der Waals surface area contributed by atoms with E-state index in [1.165, 1.54) is 11.8 Å². The Bertz CT molecular complexity index is 1080. The molecule has 1 fully saturated rings. The van der Waals surface area contributed by atoms with Crippen LogP contribution in [0.1, 0.15) is 85.5 Å². The number of ketones is 1. The van der Waals surface area contributed by atoms with Gasteiger partial charge in [0, 0.05) is 24.1 Å². The highest BCUT2D eigenvalue weighted by molar-refractivity contribution is 6.08. The molecule has 2 aromatic rings. The number of likely N-dealkylation sites (N-methyl/N-ethyl adjacent to an activating group) is 1. The zero-order valence-electron chi connectivity index (χ0n) is 21.9. The van der Waals surface area contributed by atoms with Gasteiger partial charge in [0.15, 0.2) is 5.76 Å². The molecule has 6 heteroatoms. The smallest absolute Gasteiger partial charge is 0.228 e. The van der Waals surface area contributed by atoms with Crippen LogP contribution in [-0.2, 0) is 6.42 Å². The molecule has 6 nitrogen and oxygen atoms in total. The lowest BCUT2D eigenvalue weighted by Gasteiger charge is -2.45. The monoisotopic (exact) mass is 495 g/mol. The predicted molar refractivity (Wildman–Crippen MR) is 140 cm³/mol. The molecule has 2 bridgehead atoms. The Balaban J connectivity index is 1.82. The molecule has 5 rings (SSSR count). The van der Waals surface area contributed by atoms with Crippen molar-refractivity contribution < 1.29 is 24.5 Å². The lowest BCUT2D eigenvalue weighted by molar-refractivity contribution is -0.0810. The SMILES string of the molecule is CC1=CCC[C@@]2(C)[C@@H](CC[C@@]2(O)CN(C)CCO)c2ccc(cc2C(=O)c2ccco2)C[C@@H](O)CC1. The second-order valence-electron chi connectivity index (χ2n) is 11.2. The molecule has 3 N–H and O–H groups in total. The van der Waals surface area contributed by atoms with Crippen molar-refractivity contribution in [1.29, 1.82) is 0 Å². The highest BCUT2D eigenvalue weighted by Gasteiger charge is 2.57. The van der Waals surface area contributed by atoms with Crippen molar-refractivity contribution in [2.75, 3.05) is 26.7 Å². The molecule has 0 unspecified atom stereocenters. The Kier molecular flexibility index (Phi) is 8.20. The third kappa shape index (κ3) is 5.37. The van der Waals surface area contributed by atoms with E-state index in [2.05, 4.69) is 19.9 Å². The summed E-state index contributed by atoms with van der Waals surface area (Å²) in [6, 6.07) is 9.40. The van der Waals surface area contributed by atoms with E-state index in [0.29, 0.717) is 43.7 Å². The molecule has 3 aliphatic rings. The van der Waals surface area contributed by atoms with E-state index < -0.39 is 17.1 Å². The quantitative estimate of drug-likeness (QED) is 0.404. The van der Waals surface area contributed by atoms with Crippen molar-refractivity contribution in [3.63, 3.8) is 0 Å². The van der Waals surface area contributed by atoms with Crippen molar-refractivity contribution in [1.82, 2.24) is 4.90 Å². The summed E-state index contributed by atoms with van der Waals surface area (Å²) in [4.78, 5) is 15.6. The van der Waals surface area contributed by atoms with Gasteiger partial charge in [-0.15, -0.1) is 0 Å². The van der Waals surface area contributed by atoms with Crippen LogP contribution < -0.4 is 0 Å². The van der Waals surface area contributed by atoms with Crippen molar-refractivity contribution >= 4 is 5.78 Å². The fourth-order valence-corrected chi connectivity index (χ4v) is 6.43. The van der Waals surface area contributed by atoms with Gasteiger partial charge < -0.3 is 24.6 Å². The molecule has 0 aliphatic heterocycles. The summed E-state index contributed by atoms with van der Waals surface area (Å²) in [7, 11) is 1.93. The van der Waals surface area contributed by atoms with E-state index >= 15 is 0 Å². The van der Waals surface area contributed by atoms with Gasteiger partial charge in [-0.05, 0) is 94.2 Å². The first-order valence-electron chi connectivity index (χ1n) is 13.2. The number of fused-ring (bicyclic) bond motifs is 8. The third-order valence-corrected chi connectivity index (χ3v) is 8.67. The van der Waals surface area contributed by atoms with Gasteiger partial charge in [0.25, 0.3) is 0 Å². The van der Waals surface area contributed by atoms with E-state index in [1.807, 2.05) is 30.1 Å². The van der Waals surface area contributed by atoms with Crippen molar-refractivity contribution in [2.45, 2.75) is 76.4 Å². The minimum atomic E-state index is -0.958. The maximum atomic E-state index is 13.6. The second kappa shape index (κ2) is 11.0. The minimum Gasteiger partial charge on any atom is -0.461 e. The van der Waals surface area contributed by atoms with E-state index in [0.717, 1.165) is 36.8 Å². The Morgan fingerprint density at radius 1 is 1.22 bits per heavy atom. The molecule has 36 heavy (non-hydrogen) atoms. The molecule has 1 aromatic heterocycles. The first-order valence-corrected chi connectivity index (χ1v) is 13.2. The zero-order chi connectivity index (χ0) is 25.9. The number of aliphatic hydroxyl groups excluding tert-OH is 2. The summed E-state index contributed by atoms with van der Waals surface area (Å²) in [5.74, 6) is 0.116. The number of carbonyl (C=O) groups is 1. The summed E-state index contributed by atoms with van der Waals surface area (Å²) in [6.45, 7) is 5.30. The summed E-state index contributed by atoms with van der Waals surface area (Å²) in [5, 5.41) is 32.3. The first kappa shape index (κ1) is 26.8. The van der Waals surface area contributed by atoms with Crippen LogP contribution in [0.4, 0.5) is 0 Å². The van der Waals surface area contributed by atoms with Crippen LogP contribution in [0.2, 0.25) is 0 Å². The summed E-state index contributed by atoms with van der Waals surface area (Å²) >= 11 is 0. The number of hydrogen-bond donors (Lipinski definition) is 3. The Labute approximate surface area is 214 Å². The Morgan fingerprint density at radius 3 is 2.75 bits per heavy atom. The number of aliphatic hydroxyl groups is 3. The van der Waals surface area contributed by atoms with Gasteiger partial charge in [-0.1, -0.05) is 30.7 Å². The number of allylic oxidation sites excluding steroid dienone is 2. The molecular formula is C30H41NO5. The average molecular weight is 496 g/mol. The summed E-state index contributed by atoms with van der Waals surface area (Å²) in [6.07, 6.45) is 8.25. The Morgan fingerprint density at radius 2 is 2.03 bits per heavy atom. The third-order valence-electron chi connectivity index (χ3n) is 8.67. The predicted octanol–water partition coefficient (Wildman–Crippen LogP) is 4.47. The van der Waals surface area contributed by atoms with E-state index in [4.69, 9.17) is 4.42 Å². The van der Waals surface area contributed by atoms with Gasteiger partial charge in [-0.25, -0.2) is 0 Å². The molecule has 3 aliphatic carbocycles. The number of furan rings is 1. The van der Waals surface area contributed by atoms with Crippen molar-refractivity contribution in [3.05, 3.63) is 70.7 Å². The number of carbonyl (C=O) groups excluding carboxylic acids is 1. The highest BCUT2D eigenvalue weighted by Crippen LogP contribution is 2.58. The topological polar surface area (TPSA) is 94.1 Å². The fraction of sp³-hybridized carbons (Fsp3) is 0.567. The van der Waals surface area contributed by atoms with Gasteiger partial charge in [-0.2, -0.15) is 0 Å². The molecule has 1 saturated carbocycles. The van der Waals surface area contributed by atoms with Crippen molar-refractivity contribution in [2.24, 2.45) is 5.41 Å². The van der Waals surface area contributed by atoms with Gasteiger partial charge >= 0.3 is 0 Å². The maximum Gasteiger partial charge on any atom is 0.228 e. The second-order valence-corrected chi connectivity index (χ2v) is 11.2. The molecule has 0 saturated heterocycles. The minimum absolute atomic E-state index is 0.0189. The standard InChI is InChI=1S/C30H41NO5/c1-21-6-4-13-29(2)26(12-14-30(29,35)20-31(3)15-16-32)24-11-9-22(18-23(33)10-8-21)19-25(24)28(34)27-7-5-17-36-27/h5-7,9,11,17,19,23,26,32-33,35H,4,8,10,12-16,18,20H2,1-3H3/t23-,26-,29-,30+/m0/s1. The average Bonchev–Trinajstić information content (AvgIpc) is 3.45. The number of rotatable bonds is 6. The maximum absolute atomic E-state index is 13.6. The van der Waals surface area contributed by atoms with E-state index in [1.54, 1.807) is 12.1 Å². The van der Waals surface area contributed by atoms with E-state index in [9.17, 15) is 20.1 Å². The normalized spacial score (nSPS) is 29.1. The van der Waals surface area contributed by atoms with Gasteiger partial charge in [-0.3, -0.25) is 4.79 Å². The molecule has 1 aromatic carbocycles. The number of hydrogen-bond acceptors (Lipinski definition) is 6. The van der Waals surface area contributed by atoms with Crippen LogP contribution in [-0.4, -0.2) is 64.5 Å². The molecule has 196 valence electrons. The van der Waals surface area contributed by atoms with Crippen LogP contribution in [0.3, 0.4) is 0 Å². The molecule has 0 radical (unpaired) electrons. The number of nitrogens with zero attached hydrogens (tertiary/aromatic N) is 1. The van der Waals surface area contributed by atoms with Crippen LogP contribution in [0.5, 0.6) is 0 Å². The molecule has 0 spiro atoms. The Hall–Kier alpha value is -2.25. The number of benzene rings is 1. The molecule has 0 amide bonds. The van der Waals surface area contributed by atoms with Crippen LogP contribution in [0, 0.1) is 5.41 Å². The van der Waals surface area contributed by atoms with Crippen LogP contribution in [0.25, 0.3) is 0 Å². The zero-order valence-corrected chi connectivity index (χ0v) is 21.9. The fourth-order valence-electron chi connectivity index (χ4n) is 6.43. The summed E-state index contributed by atoms with van der Waals surface area (Å²) in [5.41, 5.74) is 2.29. The van der Waals surface area contributed by atoms with Gasteiger partial charge in [0.05, 0.1) is 24.6 Å². The lowest BCUT2D eigenvalue weighted by Crippen LogP contribution is -2.52. The lowest BCUT2D eigenvalue weighted by atomic mass is 9.64. The largest absolute Gasteiger partial charge is 0.461 e. The molecular weight excluding hydrogens is 454 g/mol. The molecule has 1 heterocycles. The van der Waals surface area contributed by atoms with Crippen LogP contribution >= 0.6 is 0 Å². The van der Waals surface area contributed by atoms with Crippen molar-refractivity contribution in [3.8, 4) is 0 Å². The summed E-state index contributed by atoms with van der Waals surface area (Å²) < 4.78 is 5.48. The molecule has 4 atom stereocenters. The van der Waals surface area contributed by atoms with Crippen LogP contribution in [0.15, 0.2) is 52.7 Å². The van der Waals surface area contributed by atoms with Gasteiger partial charge in [0.1, 0.15) is 0 Å². The van der Waals surface area contributed by atoms with Gasteiger partial charge in [0.2, 0.25) is 5.78 Å². The van der Waals surface area contributed by atoms with E-state index in [-0.39, 0.29) is 18.3 Å².